The predicted octanol–water partition coefficient (Wildman–Crippen LogP) is 1.56. The Bertz CT molecular complexity index is 566. The molecule has 7 heteroatoms. The third-order valence-electron chi connectivity index (χ3n) is 3.47. The van der Waals surface area contributed by atoms with Gasteiger partial charge >= 0.3 is 0 Å². The summed E-state index contributed by atoms with van der Waals surface area (Å²) in [5.74, 6) is 3.23. The van der Waals surface area contributed by atoms with Gasteiger partial charge in [0.25, 0.3) is 5.95 Å². The summed E-state index contributed by atoms with van der Waals surface area (Å²) < 4.78 is 1.63. The Labute approximate surface area is 117 Å². The fourth-order valence-corrected chi connectivity index (χ4v) is 2.08. The summed E-state index contributed by atoms with van der Waals surface area (Å²) in [6, 6.07) is 1.84. The van der Waals surface area contributed by atoms with E-state index in [0.717, 1.165) is 24.9 Å². The molecule has 20 heavy (non-hydrogen) atoms. The van der Waals surface area contributed by atoms with Gasteiger partial charge in [-0.3, -0.25) is 0 Å². The van der Waals surface area contributed by atoms with Gasteiger partial charge < -0.3 is 10.6 Å². The van der Waals surface area contributed by atoms with Crippen LogP contribution in [0, 0.1) is 11.8 Å². The number of aromatic nitrogens is 5. The lowest BCUT2D eigenvalue weighted by Crippen LogP contribution is -2.14. The van der Waals surface area contributed by atoms with E-state index in [1.807, 2.05) is 19.2 Å². The quantitative estimate of drug-likeness (QED) is 0.831. The summed E-state index contributed by atoms with van der Waals surface area (Å²) in [6.07, 6.45) is 4.80. The van der Waals surface area contributed by atoms with Crippen LogP contribution in [0.25, 0.3) is 5.95 Å². The predicted molar refractivity (Wildman–Crippen MR) is 76.9 cm³/mol. The average Bonchev–Trinajstić information content (AvgIpc) is 2.93. The van der Waals surface area contributed by atoms with E-state index in [1.165, 1.54) is 6.42 Å². The maximum Gasteiger partial charge on any atom is 0.257 e. The molecule has 7 nitrogen and oxygen atoms in total. The lowest BCUT2D eigenvalue weighted by molar-refractivity contribution is 0.766. The van der Waals surface area contributed by atoms with Crippen molar-refractivity contribution in [2.24, 2.45) is 11.8 Å². The molecule has 0 bridgehead atoms. The third-order valence-corrected chi connectivity index (χ3v) is 3.47. The molecule has 0 amide bonds. The van der Waals surface area contributed by atoms with Crippen molar-refractivity contribution >= 4 is 11.9 Å². The minimum absolute atomic E-state index is 0.521. The van der Waals surface area contributed by atoms with Crippen LogP contribution < -0.4 is 10.6 Å². The summed E-state index contributed by atoms with van der Waals surface area (Å²) in [6.45, 7) is 5.95. The second kappa shape index (κ2) is 5.44. The van der Waals surface area contributed by atoms with Crippen LogP contribution in [0.5, 0.6) is 0 Å². The summed E-state index contributed by atoms with van der Waals surface area (Å²) in [5.41, 5.74) is 0. The molecule has 0 saturated heterocycles. The summed E-state index contributed by atoms with van der Waals surface area (Å²) in [4.78, 5) is 13.1. The van der Waals surface area contributed by atoms with Crippen molar-refractivity contribution in [2.45, 2.75) is 20.3 Å². The molecule has 0 radical (unpaired) electrons. The molecule has 3 rings (SSSR count). The van der Waals surface area contributed by atoms with Gasteiger partial charge in [0.2, 0.25) is 11.9 Å². The molecule has 2 heterocycles. The molecule has 2 aromatic heterocycles. The maximum absolute atomic E-state index is 4.41. The molecule has 0 spiro atoms. The zero-order chi connectivity index (χ0) is 13.9. The average molecular weight is 273 g/mol. The van der Waals surface area contributed by atoms with Gasteiger partial charge in [0.15, 0.2) is 0 Å². The van der Waals surface area contributed by atoms with Crippen LogP contribution in [0.3, 0.4) is 0 Å². The minimum atomic E-state index is 0.521. The van der Waals surface area contributed by atoms with Crippen LogP contribution in [0.1, 0.15) is 20.3 Å². The highest BCUT2D eigenvalue weighted by molar-refractivity contribution is 5.37. The number of anilines is 2. The van der Waals surface area contributed by atoms with Crippen molar-refractivity contribution in [2.75, 3.05) is 23.7 Å². The van der Waals surface area contributed by atoms with Crippen molar-refractivity contribution in [1.82, 2.24) is 24.7 Å². The fraction of sp³-hybridized carbons (Fsp3) is 0.538. The van der Waals surface area contributed by atoms with Gasteiger partial charge in [0.05, 0.1) is 0 Å². The first-order chi connectivity index (χ1) is 9.76. The Hall–Kier alpha value is -2.18. The standard InChI is InChI=1S/C13H19N7/c1-3-14-11-17-12(15-8-10-7-9(10)2)19-13(18-11)20-6-4-5-16-20/h4-6,9-10H,3,7-8H2,1-2H3,(H2,14,15,17,18,19). The zero-order valence-electron chi connectivity index (χ0n) is 11.7. The van der Waals surface area contributed by atoms with Gasteiger partial charge in [-0.05, 0) is 31.2 Å². The third kappa shape index (κ3) is 2.87. The Morgan fingerprint density at radius 1 is 1.25 bits per heavy atom. The monoisotopic (exact) mass is 273 g/mol. The zero-order valence-corrected chi connectivity index (χ0v) is 11.7. The second-order valence-corrected chi connectivity index (χ2v) is 5.12. The van der Waals surface area contributed by atoms with Crippen LogP contribution in [0.4, 0.5) is 11.9 Å². The largest absolute Gasteiger partial charge is 0.354 e. The lowest BCUT2D eigenvalue weighted by Gasteiger charge is -2.09. The molecular formula is C13H19N7. The molecule has 2 atom stereocenters. The van der Waals surface area contributed by atoms with Crippen molar-refractivity contribution in [1.29, 1.82) is 0 Å². The van der Waals surface area contributed by atoms with Gasteiger partial charge in [-0.15, -0.1) is 0 Å². The highest BCUT2D eigenvalue weighted by Gasteiger charge is 2.32. The SMILES string of the molecule is CCNc1nc(NCC2CC2C)nc(-n2cccn2)n1. The fourth-order valence-electron chi connectivity index (χ4n) is 2.08. The highest BCUT2D eigenvalue weighted by atomic mass is 15.4. The van der Waals surface area contributed by atoms with E-state index < -0.39 is 0 Å². The van der Waals surface area contributed by atoms with Crippen LogP contribution in [-0.2, 0) is 0 Å². The summed E-state index contributed by atoms with van der Waals surface area (Å²) in [7, 11) is 0. The van der Waals surface area contributed by atoms with Crippen molar-refractivity contribution in [3.8, 4) is 5.95 Å². The van der Waals surface area contributed by atoms with Gasteiger partial charge in [0, 0.05) is 25.5 Å². The van der Waals surface area contributed by atoms with E-state index in [1.54, 1.807) is 10.9 Å². The van der Waals surface area contributed by atoms with E-state index in [2.05, 4.69) is 37.6 Å². The normalized spacial score (nSPS) is 20.7. The van der Waals surface area contributed by atoms with E-state index in [0.29, 0.717) is 17.8 Å². The van der Waals surface area contributed by atoms with Gasteiger partial charge in [-0.1, -0.05) is 6.92 Å². The number of hydrogen-bond donors (Lipinski definition) is 2. The Kier molecular flexibility index (Phi) is 3.49. The molecule has 2 aromatic rings. The molecule has 1 fully saturated rings. The molecule has 0 aliphatic heterocycles. The minimum Gasteiger partial charge on any atom is -0.354 e. The van der Waals surface area contributed by atoms with Crippen LogP contribution in [0.2, 0.25) is 0 Å². The van der Waals surface area contributed by atoms with E-state index in [-0.39, 0.29) is 0 Å². The summed E-state index contributed by atoms with van der Waals surface area (Å²) in [5, 5.41) is 10.6. The van der Waals surface area contributed by atoms with E-state index in [9.17, 15) is 0 Å². The van der Waals surface area contributed by atoms with Crippen molar-refractivity contribution in [3.63, 3.8) is 0 Å². The first kappa shape index (κ1) is 12.8. The first-order valence-corrected chi connectivity index (χ1v) is 7.00. The second-order valence-electron chi connectivity index (χ2n) is 5.12. The Morgan fingerprint density at radius 3 is 2.60 bits per heavy atom. The molecular weight excluding hydrogens is 254 g/mol. The molecule has 1 saturated carbocycles. The topological polar surface area (TPSA) is 80.5 Å². The smallest absolute Gasteiger partial charge is 0.257 e. The summed E-state index contributed by atoms with van der Waals surface area (Å²) >= 11 is 0. The van der Waals surface area contributed by atoms with Crippen molar-refractivity contribution < 1.29 is 0 Å². The number of nitrogens with one attached hydrogen (secondary N) is 2. The molecule has 1 aliphatic rings. The van der Waals surface area contributed by atoms with E-state index in [4.69, 9.17) is 0 Å². The number of hydrogen-bond acceptors (Lipinski definition) is 6. The van der Waals surface area contributed by atoms with E-state index >= 15 is 0 Å². The van der Waals surface area contributed by atoms with Crippen LogP contribution in [0.15, 0.2) is 18.5 Å². The van der Waals surface area contributed by atoms with Crippen LogP contribution >= 0.6 is 0 Å². The van der Waals surface area contributed by atoms with Gasteiger partial charge in [-0.2, -0.15) is 20.1 Å². The van der Waals surface area contributed by atoms with Gasteiger partial charge in [0.1, 0.15) is 0 Å². The Morgan fingerprint density at radius 2 is 2.00 bits per heavy atom. The molecule has 106 valence electrons. The molecule has 1 aliphatic carbocycles. The Balaban J connectivity index is 1.80. The maximum atomic E-state index is 4.41. The lowest BCUT2D eigenvalue weighted by atomic mass is 10.3. The molecule has 0 aromatic carbocycles. The van der Waals surface area contributed by atoms with Crippen molar-refractivity contribution in [3.05, 3.63) is 18.5 Å². The number of rotatable bonds is 6. The molecule has 2 N–H and O–H groups in total. The number of nitrogens with zero attached hydrogens (tertiary/aromatic N) is 5. The van der Waals surface area contributed by atoms with Crippen LogP contribution in [-0.4, -0.2) is 37.8 Å². The van der Waals surface area contributed by atoms with Gasteiger partial charge in [-0.25, -0.2) is 4.68 Å². The highest BCUT2D eigenvalue weighted by Crippen LogP contribution is 2.37. The first-order valence-electron chi connectivity index (χ1n) is 7.00. The molecule has 2 unspecified atom stereocenters.